The molecule has 0 aromatic rings. The first-order chi connectivity index (χ1) is 5.56. The minimum absolute atomic E-state index is 0.0420. The van der Waals surface area contributed by atoms with E-state index in [0.29, 0.717) is 0 Å². The molecule has 1 amide bonds. The van der Waals surface area contributed by atoms with Gasteiger partial charge < -0.3 is 10.1 Å². The van der Waals surface area contributed by atoms with Crippen LogP contribution in [0.2, 0.25) is 0 Å². The number of esters is 1. The number of rotatable bonds is 4. The van der Waals surface area contributed by atoms with Gasteiger partial charge in [0.15, 0.2) is 0 Å². The van der Waals surface area contributed by atoms with Crippen LogP contribution in [0.1, 0.15) is 27.2 Å². The summed E-state index contributed by atoms with van der Waals surface area (Å²) in [7, 11) is 0. The number of nitrogens with one attached hydrogen (secondary N) is 1. The molecule has 0 aliphatic carbocycles. The van der Waals surface area contributed by atoms with Gasteiger partial charge in [-0.25, -0.2) is 0 Å². The molecule has 0 rings (SSSR count). The SMILES string of the molecule is CCC(C)OC(=O)CNC(C)=O. The molecule has 0 bridgehead atoms. The summed E-state index contributed by atoms with van der Waals surface area (Å²) in [6.07, 6.45) is 0.706. The van der Waals surface area contributed by atoms with Crippen LogP contribution in [0, 0.1) is 0 Å². The predicted molar refractivity (Wildman–Crippen MR) is 44.5 cm³/mol. The van der Waals surface area contributed by atoms with Gasteiger partial charge in [0, 0.05) is 6.92 Å². The average Bonchev–Trinajstić information content (AvgIpc) is 2.00. The molecule has 0 radical (unpaired) electrons. The molecule has 12 heavy (non-hydrogen) atoms. The van der Waals surface area contributed by atoms with E-state index in [2.05, 4.69) is 5.32 Å². The molecule has 0 spiro atoms. The van der Waals surface area contributed by atoms with Gasteiger partial charge in [0.2, 0.25) is 5.91 Å². The van der Waals surface area contributed by atoms with Crippen LogP contribution >= 0.6 is 0 Å². The lowest BCUT2D eigenvalue weighted by Crippen LogP contribution is -2.30. The van der Waals surface area contributed by atoms with Crippen molar-refractivity contribution in [2.75, 3.05) is 6.54 Å². The Kier molecular flexibility index (Phi) is 5.08. The highest BCUT2D eigenvalue weighted by molar-refractivity contribution is 5.80. The van der Waals surface area contributed by atoms with E-state index in [1.807, 2.05) is 13.8 Å². The zero-order valence-corrected chi connectivity index (χ0v) is 7.72. The van der Waals surface area contributed by atoms with E-state index in [0.717, 1.165) is 6.42 Å². The first-order valence-electron chi connectivity index (χ1n) is 4.00. The first-order valence-corrected chi connectivity index (χ1v) is 4.00. The molecule has 0 aromatic heterocycles. The first kappa shape index (κ1) is 10.9. The molecule has 0 aliphatic heterocycles. The van der Waals surface area contributed by atoms with Gasteiger partial charge in [0.25, 0.3) is 0 Å². The number of ether oxygens (including phenoxy) is 1. The Morgan fingerprint density at radius 1 is 1.50 bits per heavy atom. The second-order valence-corrected chi connectivity index (χ2v) is 2.62. The number of amides is 1. The molecular weight excluding hydrogens is 158 g/mol. The molecule has 4 heteroatoms. The van der Waals surface area contributed by atoms with Crippen molar-refractivity contribution in [2.45, 2.75) is 33.3 Å². The van der Waals surface area contributed by atoms with Crippen molar-refractivity contribution in [2.24, 2.45) is 0 Å². The number of hydrogen-bond acceptors (Lipinski definition) is 3. The third kappa shape index (κ3) is 5.70. The van der Waals surface area contributed by atoms with Crippen LogP contribution in [-0.4, -0.2) is 24.5 Å². The van der Waals surface area contributed by atoms with Crippen LogP contribution in [0.3, 0.4) is 0 Å². The van der Waals surface area contributed by atoms with Crippen LogP contribution in [-0.2, 0) is 14.3 Å². The topological polar surface area (TPSA) is 55.4 Å². The van der Waals surface area contributed by atoms with Crippen molar-refractivity contribution in [3.05, 3.63) is 0 Å². The van der Waals surface area contributed by atoms with Crippen molar-refractivity contribution in [1.82, 2.24) is 5.32 Å². The molecule has 0 aromatic carbocycles. The lowest BCUT2D eigenvalue weighted by Gasteiger charge is -2.10. The minimum atomic E-state index is -0.389. The van der Waals surface area contributed by atoms with Gasteiger partial charge in [0.05, 0.1) is 6.10 Å². The predicted octanol–water partition coefficient (Wildman–Crippen LogP) is 0.464. The Morgan fingerprint density at radius 2 is 2.08 bits per heavy atom. The maximum atomic E-state index is 10.9. The van der Waals surface area contributed by atoms with Crippen molar-refractivity contribution in [1.29, 1.82) is 0 Å². The zero-order chi connectivity index (χ0) is 9.56. The second kappa shape index (κ2) is 5.57. The van der Waals surface area contributed by atoms with Gasteiger partial charge >= 0.3 is 5.97 Å². The molecule has 0 heterocycles. The lowest BCUT2D eigenvalue weighted by atomic mass is 10.3. The summed E-state index contributed by atoms with van der Waals surface area (Å²) in [5.41, 5.74) is 0. The third-order valence-electron chi connectivity index (χ3n) is 1.39. The molecule has 1 atom stereocenters. The van der Waals surface area contributed by atoms with Crippen LogP contribution in [0.4, 0.5) is 0 Å². The van der Waals surface area contributed by atoms with Gasteiger partial charge in [-0.3, -0.25) is 9.59 Å². The summed E-state index contributed by atoms with van der Waals surface area (Å²) in [6, 6.07) is 0. The maximum Gasteiger partial charge on any atom is 0.325 e. The summed E-state index contributed by atoms with van der Waals surface area (Å²) >= 11 is 0. The molecule has 0 saturated carbocycles. The monoisotopic (exact) mass is 173 g/mol. The van der Waals surface area contributed by atoms with E-state index in [1.165, 1.54) is 6.92 Å². The number of carbonyl (C=O) groups excluding carboxylic acids is 2. The Bertz CT molecular complexity index is 168. The van der Waals surface area contributed by atoms with Gasteiger partial charge in [-0.2, -0.15) is 0 Å². The lowest BCUT2D eigenvalue weighted by molar-refractivity contribution is -0.148. The van der Waals surface area contributed by atoms with Gasteiger partial charge in [-0.1, -0.05) is 6.92 Å². The van der Waals surface area contributed by atoms with E-state index >= 15 is 0 Å². The van der Waals surface area contributed by atoms with Crippen LogP contribution < -0.4 is 5.32 Å². The zero-order valence-electron chi connectivity index (χ0n) is 7.72. The van der Waals surface area contributed by atoms with E-state index in [4.69, 9.17) is 4.74 Å². The largest absolute Gasteiger partial charge is 0.461 e. The van der Waals surface area contributed by atoms with E-state index < -0.39 is 0 Å². The Labute approximate surface area is 72.3 Å². The number of carbonyl (C=O) groups is 2. The van der Waals surface area contributed by atoms with Crippen molar-refractivity contribution in [3.8, 4) is 0 Å². The average molecular weight is 173 g/mol. The van der Waals surface area contributed by atoms with E-state index in [9.17, 15) is 9.59 Å². The Hall–Kier alpha value is -1.06. The highest BCUT2D eigenvalue weighted by Gasteiger charge is 2.06. The Balaban J connectivity index is 3.53. The highest BCUT2D eigenvalue weighted by Crippen LogP contribution is 1.95. The molecular formula is C8H15NO3. The fourth-order valence-corrected chi connectivity index (χ4v) is 0.546. The van der Waals surface area contributed by atoms with Gasteiger partial charge in [0.1, 0.15) is 6.54 Å². The normalized spacial score (nSPS) is 11.9. The number of hydrogen-bond donors (Lipinski definition) is 1. The van der Waals surface area contributed by atoms with Crippen molar-refractivity contribution in [3.63, 3.8) is 0 Å². The van der Waals surface area contributed by atoms with E-state index in [-0.39, 0.29) is 24.5 Å². The Morgan fingerprint density at radius 3 is 2.50 bits per heavy atom. The summed E-state index contributed by atoms with van der Waals surface area (Å²) < 4.78 is 4.90. The van der Waals surface area contributed by atoms with Crippen molar-refractivity contribution >= 4 is 11.9 Å². The third-order valence-corrected chi connectivity index (χ3v) is 1.39. The summed E-state index contributed by atoms with van der Waals surface area (Å²) in [5, 5.41) is 2.36. The summed E-state index contributed by atoms with van der Waals surface area (Å²) in [4.78, 5) is 21.3. The minimum Gasteiger partial charge on any atom is -0.461 e. The fraction of sp³-hybridized carbons (Fsp3) is 0.750. The standard InChI is InChI=1S/C8H15NO3/c1-4-6(2)12-8(11)5-9-7(3)10/h6H,4-5H2,1-3H3,(H,9,10). The molecule has 0 aliphatic rings. The summed E-state index contributed by atoms with van der Waals surface area (Å²) in [6.45, 7) is 5.05. The molecule has 0 fully saturated rings. The van der Waals surface area contributed by atoms with Crippen LogP contribution in [0.25, 0.3) is 0 Å². The molecule has 1 N–H and O–H groups in total. The molecule has 0 saturated heterocycles. The van der Waals surface area contributed by atoms with Gasteiger partial charge in [-0.05, 0) is 13.3 Å². The van der Waals surface area contributed by atoms with Gasteiger partial charge in [-0.15, -0.1) is 0 Å². The maximum absolute atomic E-state index is 10.9. The fourth-order valence-electron chi connectivity index (χ4n) is 0.546. The molecule has 4 nitrogen and oxygen atoms in total. The highest BCUT2D eigenvalue weighted by atomic mass is 16.5. The second-order valence-electron chi connectivity index (χ2n) is 2.62. The molecule has 70 valence electrons. The summed E-state index contributed by atoms with van der Waals surface area (Å²) in [5.74, 6) is -0.615. The quantitative estimate of drug-likeness (QED) is 0.628. The molecule has 1 unspecified atom stereocenters. The van der Waals surface area contributed by atoms with Crippen LogP contribution in [0.5, 0.6) is 0 Å². The van der Waals surface area contributed by atoms with E-state index in [1.54, 1.807) is 0 Å². The smallest absolute Gasteiger partial charge is 0.325 e. The van der Waals surface area contributed by atoms with Crippen molar-refractivity contribution < 1.29 is 14.3 Å². The van der Waals surface area contributed by atoms with Crippen LogP contribution in [0.15, 0.2) is 0 Å².